The van der Waals surface area contributed by atoms with Crippen molar-refractivity contribution in [3.05, 3.63) is 48.3 Å². The largest absolute Gasteiger partial charge is 0.402 e. The number of sulfonamides is 1. The molecule has 2 rings (SSSR count). The first-order valence-corrected chi connectivity index (χ1v) is 9.59. The highest BCUT2D eigenvalue weighted by atomic mass is 32.2. The highest BCUT2D eigenvalue weighted by molar-refractivity contribution is 7.89. The molecule has 0 saturated heterocycles. The van der Waals surface area contributed by atoms with Gasteiger partial charge in [0, 0.05) is 12.2 Å². The van der Waals surface area contributed by atoms with E-state index in [1.807, 2.05) is 30.3 Å². The fraction of sp³-hybridized carbons (Fsp3) is 0.471. The topological polar surface area (TPSA) is 55.2 Å². The lowest BCUT2D eigenvalue weighted by Crippen LogP contribution is -2.46. The number of alkyl halides is 3. The van der Waals surface area contributed by atoms with Crippen molar-refractivity contribution in [1.29, 1.82) is 0 Å². The zero-order valence-corrected chi connectivity index (χ0v) is 15.6. The highest BCUT2D eigenvalue weighted by Gasteiger charge is 2.40. The lowest BCUT2D eigenvalue weighted by molar-refractivity contribution is -0.140. The molecular formula is C17H22F3N3O2S. The van der Waals surface area contributed by atoms with Gasteiger partial charge in [0.1, 0.15) is 11.4 Å². The van der Waals surface area contributed by atoms with E-state index in [-0.39, 0.29) is 10.8 Å². The maximum absolute atomic E-state index is 12.9. The lowest BCUT2D eigenvalue weighted by atomic mass is 10.1. The summed E-state index contributed by atoms with van der Waals surface area (Å²) < 4.78 is 66.3. The van der Waals surface area contributed by atoms with Crippen molar-refractivity contribution in [2.24, 2.45) is 5.92 Å². The third-order valence-electron chi connectivity index (χ3n) is 4.16. The van der Waals surface area contributed by atoms with Crippen LogP contribution in [-0.4, -0.2) is 41.3 Å². The summed E-state index contributed by atoms with van der Waals surface area (Å²) in [4.78, 5) is -0.245. The standard InChI is InChI=1S/C17H22F3N3O2S/c1-13(2)14(3)23(12-17(18,19)20)26(24,25)16-9-21-22(11-16)10-15-7-5-4-6-8-15/h4-9,11,13-14H,10,12H2,1-3H3. The normalized spacial score (nSPS) is 14.2. The van der Waals surface area contributed by atoms with Crippen LogP contribution in [0.2, 0.25) is 0 Å². The molecule has 1 heterocycles. The van der Waals surface area contributed by atoms with Crippen LogP contribution in [0.4, 0.5) is 13.2 Å². The maximum Gasteiger partial charge on any atom is 0.402 e. The molecule has 0 N–H and O–H groups in total. The number of halogens is 3. The molecule has 1 aromatic carbocycles. The molecule has 5 nitrogen and oxygen atoms in total. The SMILES string of the molecule is CC(C)C(C)N(CC(F)(F)F)S(=O)(=O)c1cnn(Cc2ccccc2)c1. The fourth-order valence-electron chi connectivity index (χ4n) is 2.43. The Bertz CT molecular complexity index is 817. The van der Waals surface area contributed by atoms with E-state index >= 15 is 0 Å². The molecule has 0 saturated carbocycles. The third kappa shape index (κ3) is 5.07. The van der Waals surface area contributed by atoms with Crippen molar-refractivity contribution in [2.45, 2.75) is 44.4 Å². The highest BCUT2D eigenvalue weighted by Crippen LogP contribution is 2.27. The minimum atomic E-state index is -4.63. The van der Waals surface area contributed by atoms with Gasteiger partial charge in [-0.1, -0.05) is 44.2 Å². The van der Waals surface area contributed by atoms with Gasteiger partial charge in [-0.2, -0.15) is 22.6 Å². The number of nitrogens with zero attached hydrogens (tertiary/aromatic N) is 3. The Hall–Kier alpha value is -1.87. The second-order valence-corrected chi connectivity index (χ2v) is 8.40. The van der Waals surface area contributed by atoms with Crippen LogP contribution in [-0.2, 0) is 16.6 Å². The monoisotopic (exact) mass is 389 g/mol. The van der Waals surface area contributed by atoms with E-state index in [9.17, 15) is 21.6 Å². The number of rotatable bonds is 7. The van der Waals surface area contributed by atoms with Gasteiger partial charge in [0.05, 0.1) is 12.7 Å². The molecule has 144 valence electrons. The van der Waals surface area contributed by atoms with E-state index in [0.717, 1.165) is 11.8 Å². The number of aromatic nitrogens is 2. The van der Waals surface area contributed by atoms with Crippen molar-refractivity contribution < 1.29 is 21.6 Å². The molecule has 2 aromatic rings. The fourth-order valence-corrected chi connectivity index (χ4v) is 4.13. The van der Waals surface area contributed by atoms with E-state index in [2.05, 4.69) is 5.10 Å². The number of hydrogen-bond donors (Lipinski definition) is 0. The molecule has 0 fully saturated rings. The predicted molar refractivity (Wildman–Crippen MR) is 92.0 cm³/mol. The zero-order chi connectivity index (χ0) is 19.5. The molecule has 1 aromatic heterocycles. The summed E-state index contributed by atoms with van der Waals surface area (Å²) in [6.45, 7) is 3.64. The zero-order valence-electron chi connectivity index (χ0n) is 14.8. The average molecular weight is 389 g/mol. The van der Waals surface area contributed by atoms with E-state index in [1.54, 1.807) is 13.8 Å². The van der Waals surface area contributed by atoms with Gasteiger partial charge in [0.2, 0.25) is 10.0 Å². The Kier molecular flexibility index (Phi) is 6.13. The molecule has 0 bridgehead atoms. The first-order chi connectivity index (χ1) is 12.0. The summed E-state index contributed by atoms with van der Waals surface area (Å²) in [5.41, 5.74) is 0.905. The van der Waals surface area contributed by atoms with Gasteiger partial charge in [-0.05, 0) is 18.4 Å². The van der Waals surface area contributed by atoms with Gasteiger partial charge in [-0.25, -0.2) is 8.42 Å². The van der Waals surface area contributed by atoms with Crippen molar-refractivity contribution >= 4 is 10.0 Å². The molecule has 1 unspecified atom stereocenters. The predicted octanol–water partition coefficient (Wildman–Crippen LogP) is 3.53. The molecule has 26 heavy (non-hydrogen) atoms. The van der Waals surface area contributed by atoms with Crippen molar-refractivity contribution in [3.8, 4) is 0 Å². The molecule has 9 heteroatoms. The van der Waals surface area contributed by atoms with Crippen LogP contribution < -0.4 is 0 Å². The summed E-state index contributed by atoms with van der Waals surface area (Å²) in [5, 5.41) is 3.99. The quantitative estimate of drug-likeness (QED) is 0.728. The van der Waals surface area contributed by atoms with Gasteiger partial charge < -0.3 is 0 Å². The Labute approximate surface area is 151 Å². The van der Waals surface area contributed by atoms with Crippen LogP contribution in [0, 0.1) is 5.92 Å². The van der Waals surface area contributed by atoms with Crippen molar-refractivity contribution in [3.63, 3.8) is 0 Å². The van der Waals surface area contributed by atoms with Gasteiger partial charge >= 0.3 is 6.18 Å². The van der Waals surface area contributed by atoms with Crippen LogP contribution in [0.5, 0.6) is 0 Å². The Balaban J connectivity index is 2.31. The molecule has 0 radical (unpaired) electrons. The van der Waals surface area contributed by atoms with Gasteiger partial charge in [-0.15, -0.1) is 0 Å². The minimum Gasteiger partial charge on any atom is -0.267 e. The second kappa shape index (κ2) is 7.79. The van der Waals surface area contributed by atoms with Crippen LogP contribution >= 0.6 is 0 Å². The summed E-state index contributed by atoms with van der Waals surface area (Å²) in [5.74, 6) is -0.272. The summed E-state index contributed by atoms with van der Waals surface area (Å²) in [7, 11) is -4.32. The van der Waals surface area contributed by atoms with Crippen LogP contribution in [0.15, 0.2) is 47.6 Å². The summed E-state index contributed by atoms with van der Waals surface area (Å²) in [6.07, 6.45) is -2.27. The van der Waals surface area contributed by atoms with Gasteiger partial charge in [0.25, 0.3) is 0 Å². The van der Waals surface area contributed by atoms with E-state index in [4.69, 9.17) is 0 Å². The first kappa shape index (κ1) is 20.4. The van der Waals surface area contributed by atoms with Crippen LogP contribution in [0.25, 0.3) is 0 Å². The molecular weight excluding hydrogens is 367 g/mol. The van der Waals surface area contributed by atoms with Gasteiger partial charge in [-0.3, -0.25) is 4.68 Å². The Morgan fingerprint density at radius 3 is 2.31 bits per heavy atom. The molecule has 1 atom stereocenters. The van der Waals surface area contributed by atoms with Crippen LogP contribution in [0.1, 0.15) is 26.3 Å². The van der Waals surface area contributed by atoms with E-state index < -0.39 is 28.8 Å². The second-order valence-electron chi connectivity index (χ2n) is 6.51. The molecule has 0 aliphatic heterocycles. The Morgan fingerprint density at radius 1 is 1.15 bits per heavy atom. The van der Waals surface area contributed by atoms with E-state index in [0.29, 0.717) is 10.8 Å². The molecule has 0 aliphatic carbocycles. The smallest absolute Gasteiger partial charge is 0.267 e. The minimum absolute atomic E-state index is 0.245. The molecule has 0 amide bonds. The van der Waals surface area contributed by atoms with Gasteiger partial charge in [0.15, 0.2) is 0 Å². The first-order valence-electron chi connectivity index (χ1n) is 8.15. The van der Waals surface area contributed by atoms with Crippen molar-refractivity contribution in [2.75, 3.05) is 6.54 Å². The Morgan fingerprint density at radius 2 is 1.77 bits per heavy atom. The maximum atomic E-state index is 12.9. The lowest BCUT2D eigenvalue weighted by Gasteiger charge is -2.31. The summed E-state index contributed by atoms with van der Waals surface area (Å²) >= 11 is 0. The summed E-state index contributed by atoms with van der Waals surface area (Å²) in [6, 6.07) is 8.43. The third-order valence-corrected chi connectivity index (χ3v) is 6.04. The molecule has 0 spiro atoms. The van der Waals surface area contributed by atoms with Crippen molar-refractivity contribution in [1.82, 2.24) is 14.1 Å². The number of benzene rings is 1. The van der Waals surface area contributed by atoms with E-state index in [1.165, 1.54) is 17.8 Å². The number of hydrogen-bond acceptors (Lipinski definition) is 3. The molecule has 0 aliphatic rings. The average Bonchev–Trinajstić information content (AvgIpc) is 3.01. The van der Waals surface area contributed by atoms with Crippen LogP contribution in [0.3, 0.4) is 0 Å².